The van der Waals surface area contributed by atoms with Crippen LogP contribution in [-0.2, 0) is 0 Å². The predicted molar refractivity (Wildman–Crippen MR) is 82.2 cm³/mol. The molecular weight excluding hydrogens is 270 g/mol. The van der Waals surface area contributed by atoms with Gasteiger partial charge in [0.25, 0.3) is 0 Å². The fourth-order valence-corrected chi connectivity index (χ4v) is 2.24. The summed E-state index contributed by atoms with van der Waals surface area (Å²) >= 11 is 0. The topological polar surface area (TPSA) is 62.8 Å². The number of ether oxygens (including phenoxy) is 2. The van der Waals surface area contributed by atoms with Gasteiger partial charge in [0.05, 0.1) is 18.9 Å². The molecule has 1 saturated heterocycles. The average molecular weight is 293 g/mol. The summed E-state index contributed by atoms with van der Waals surface area (Å²) in [6.07, 6.45) is 0. The van der Waals surface area contributed by atoms with Gasteiger partial charge >= 0.3 is 6.03 Å². The summed E-state index contributed by atoms with van der Waals surface area (Å²) in [5, 5.41) is 6.11. The normalized spacial score (nSPS) is 14.0. The molecule has 1 fully saturated rings. The van der Waals surface area contributed by atoms with Crippen LogP contribution in [0, 0.1) is 0 Å². The summed E-state index contributed by atoms with van der Waals surface area (Å²) in [6.45, 7) is 7.96. The lowest BCUT2D eigenvalue weighted by atomic mass is 10.2. The van der Waals surface area contributed by atoms with Gasteiger partial charge in [0.2, 0.25) is 0 Å². The largest absolute Gasteiger partial charge is 0.494 e. The summed E-state index contributed by atoms with van der Waals surface area (Å²) in [6, 6.07) is 5.73. The molecule has 6 nitrogen and oxygen atoms in total. The van der Waals surface area contributed by atoms with Crippen molar-refractivity contribution in [2.45, 2.75) is 13.8 Å². The van der Waals surface area contributed by atoms with E-state index in [0.29, 0.717) is 26.3 Å². The van der Waals surface area contributed by atoms with E-state index in [4.69, 9.17) is 9.47 Å². The molecule has 2 N–H and O–H groups in total. The molecule has 0 unspecified atom stereocenters. The number of rotatable bonds is 8. The van der Waals surface area contributed by atoms with Crippen LogP contribution in [0.15, 0.2) is 18.2 Å². The maximum atomic E-state index is 11.5. The second-order valence-electron chi connectivity index (χ2n) is 4.67. The summed E-state index contributed by atoms with van der Waals surface area (Å²) < 4.78 is 11.1. The molecule has 0 spiro atoms. The fraction of sp³-hybridized carbons (Fsp3) is 0.533. The van der Waals surface area contributed by atoms with Gasteiger partial charge in [-0.15, -0.1) is 0 Å². The third-order valence-electron chi connectivity index (χ3n) is 3.20. The van der Waals surface area contributed by atoms with Crippen LogP contribution in [0.3, 0.4) is 0 Å². The van der Waals surface area contributed by atoms with Crippen LogP contribution in [0.1, 0.15) is 13.8 Å². The van der Waals surface area contributed by atoms with Gasteiger partial charge in [-0.25, -0.2) is 4.79 Å². The van der Waals surface area contributed by atoms with Crippen LogP contribution < -0.4 is 20.1 Å². The van der Waals surface area contributed by atoms with E-state index in [9.17, 15) is 4.79 Å². The first kappa shape index (κ1) is 15.3. The first-order chi connectivity index (χ1) is 10.2. The maximum absolute atomic E-state index is 11.5. The number of carbonyl (C=O) groups is 1. The third kappa shape index (κ3) is 4.18. The van der Waals surface area contributed by atoms with E-state index >= 15 is 0 Å². The molecule has 1 aromatic rings. The summed E-state index contributed by atoms with van der Waals surface area (Å²) in [4.78, 5) is 13.3. The molecule has 1 heterocycles. The van der Waals surface area contributed by atoms with Gasteiger partial charge in [0, 0.05) is 32.2 Å². The Kier molecular flexibility index (Phi) is 5.54. The van der Waals surface area contributed by atoms with Crippen LogP contribution in [0.4, 0.5) is 10.5 Å². The van der Waals surface area contributed by atoms with Crippen molar-refractivity contribution in [1.82, 2.24) is 10.2 Å². The molecule has 0 aromatic heterocycles. The second kappa shape index (κ2) is 7.61. The number of amides is 2. The first-order valence-electron chi connectivity index (χ1n) is 7.41. The van der Waals surface area contributed by atoms with Crippen molar-refractivity contribution in [3.8, 4) is 11.5 Å². The van der Waals surface area contributed by atoms with Crippen molar-refractivity contribution in [2.75, 3.05) is 44.7 Å². The summed E-state index contributed by atoms with van der Waals surface area (Å²) in [5.74, 6) is 1.61. The molecule has 0 saturated carbocycles. The van der Waals surface area contributed by atoms with E-state index in [1.54, 1.807) is 4.90 Å². The highest BCUT2D eigenvalue weighted by Gasteiger charge is 2.18. The molecule has 21 heavy (non-hydrogen) atoms. The molecule has 2 amide bonds. The zero-order chi connectivity index (χ0) is 15.1. The van der Waals surface area contributed by atoms with Crippen molar-refractivity contribution in [1.29, 1.82) is 0 Å². The predicted octanol–water partition coefficient (Wildman–Crippen LogP) is 1.92. The molecule has 0 aliphatic carbocycles. The minimum absolute atomic E-state index is 0.00454. The molecule has 0 bridgehead atoms. The van der Waals surface area contributed by atoms with Gasteiger partial charge in [0.15, 0.2) is 0 Å². The van der Waals surface area contributed by atoms with E-state index in [-0.39, 0.29) is 6.03 Å². The highest BCUT2D eigenvalue weighted by atomic mass is 16.5. The maximum Gasteiger partial charge on any atom is 0.317 e. The van der Waals surface area contributed by atoms with Gasteiger partial charge in [-0.05, 0) is 26.0 Å². The lowest BCUT2D eigenvalue weighted by Crippen LogP contribution is -2.32. The van der Waals surface area contributed by atoms with E-state index in [1.165, 1.54) is 0 Å². The van der Waals surface area contributed by atoms with Crippen molar-refractivity contribution in [2.24, 2.45) is 0 Å². The van der Waals surface area contributed by atoms with E-state index < -0.39 is 0 Å². The standard InChI is InChI=1S/C15H23N3O3/c1-3-20-12-5-6-14(21-4-2)13(11-12)16-7-9-18-10-8-17-15(18)19/h5-6,11,16H,3-4,7-10H2,1-2H3,(H,17,19). The van der Waals surface area contributed by atoms with Crippen molar-refractivity contribution in [3.05, 3.63) is 18.2 Å². The van der Waals surface area contributed by atoms with Gasteiger partial charge in [0.1, 0.15) is 11.5 Å². The van der Waals surface area contributed by atoms with E-state index in [2.05, 4.69) is 10.6 Å². The van der Waals surface area contributed by atoms with Crippen LogP contribution in [0.25, 0.3) is 0 Å². The SMILES string of the molecule is CCOc1ccc(OCC)c(NCCN2CCNC2=O)c1. The van der Waals surface area contributed by atoms with Crippen LogP contribution >= 0.6 is 0 Å². The number of nitrogens with one attached hydrogen (secondary N) is 2. The van der Waals surface area contributed by atoms with Gasteiger partial charge < -0.3 is 25.0 Å². The van der Waals surface area contributed by atoms with Gasteiger partial charge in [-0.1, -0.05) is 0 Å². The molecule has 1 aliphatic rings. The molecule has 1 aromatic carbocycles. The lowest BCUT2D eigenvalue weighted by molar-refractivity contribution is 0.219. The van der Waals surface area contributed by atoms with Crippen LogP contribution in [-0.4, -0.2) is 50.3 Å². The number of anilines is 1. The Morgan fingerprint density at radius 2 is 2.10 bits per heavy atom. The highest BCUT2D eigenvalue weighted by molar-refractivity contribution is 5.76. The number of nitrogens with zero attached hydrogens (tertiary/aromatic N) is 1. The van der Waals surface area contributed by atoms with Crippen molar-refractivity contribution in [3.63, 3.8) is 0 Å². The van der Waals surface area contributed by atoms with Gasteiger partial charge in [-0.3, -0.25) is 0 Å². The quantitative estimate of drug-likeness (QED) is 0.768. The zero-order valence-corrected chi connectivity index (χ0v) is 12.6. The first-order valence-corrected chi connectivity index (χ1v) is 7.41. The lowest BCUT2D eigenvalue weighted by Gasteiger charge is -2.17. The monoisotopic (exact) mass is 293 g/mol. The Balaban J connectivity index is 1.95. The molecular formula is C15H23N3O3. The van der Waals surface area contributed by atoms with E-state index in [0.717, 1.165) is 30.3 Å². The van der Waals surface area contributed by atoms with E-state index in [1.807, 2.05) is 32.0 Å². The van der Waals surface area contributed by atoms with Crippen molar-refractivity contribution >= 4 is 11.7 Å². The Bertz CT molecular complexity index is 479. The molecule has 0 atom stereocenters. The number of urea groups is 1. The number of hydrogen-bond donors (Lipinski definition) is 2. The fourth-order valence-electron chi connectivity index (χ4n) is 2.24. The second-order valence-corrected chi connectivity index (χ2v) is 4.67. The average Bonchev–Trinajstić information content (AvgIpc) is 2.88. The molecule has 116 valence electrons. The minimum Gasteiger partial charge on any atom is -0.494 e. The molecule has 1 aliphatic heterocycles. The summed E-state index contributed by atoms with van der Waals surface area (Å²) in [5.41, 5.74) is 0.891. The molecule has 6 heteroatoms. The minimum atomic E-state index is 0.00454. The van der Waals surface area contributed by atoms with Crippen LogP contribution in [0.2, 0.25) is 0 Å². The Labute approximate surface area is 125 Å². The zero-order valence-electron chi connectivity index (χ0n) is 12.6. The highest BCUT2D eigenvalue weighted by Crippen LogP contribution is 2.29. The summed E-state index contributed by atoms with van der Waals surface area (Å²) in [7, 11) is 0. The molecule has 0 radical (unpaired) electrons. The van der Waals surface area contributed by atoms with Crippen LogP contribution in [0.5, 0.6) is 11.5 Å². The number of benzene rings is 1. The Hall–Kier alpha value is -2.11. The van der Waals surface area contributed by atoms with Gasteiger partial charge in [-0.2, -0.15) is 0 Å². The smallest absolute Gasteiger partial charge is 0.317 e. The Morgan fingerprint density at radius 3 is 2.76 bits per heavy atom. The molecule has 2 rings (SSSR count). The number of hydrogen-bond acceptors (Lipinski definition) is 4. The Morgan fingerprint density at radius 1 is 1.29 bits per heavy atom. The van der Waals surface area contributed by atoms with Crippen molar-refractivity contribution < 1.29 is 14.3 Å². The third-order valence-corrected chi connectivity index (χ3v) is 3.20. The number of carbonyl (C=O) groups excluding carboxylic acids is 1.